The molecule has 3 rings (SSSR count). The van der Waals surface area contributed by atoms with Crippen LogP contribution in [-0.4, -0.2) is 23.2 Å². The fourth-order valence-corrected chi connectivity index (χ4v) is 5.36. The van der Waals surface area contributed by atoms with Crippen molar-refractivity contribution >= 4 is 56.5 Å². The maximum absolute atomic E-state index is 13.0. The monoisotopic (exact) mass is 492 g/mol. The number of hydrogen-bond acceptors (Lipinski definition) is 4. The van der Waals surface area contributed by atoms with Crippen LogP contribution in [0.15, 0.2) is 54.6 Å². The minimum absolute atomic E-state index is 0.0681. The molecule has 0 heterocycles. The van der Waals surface area contributed by atoms with Gasteiger partial charge < -0.3 is 10.2 Å². The van der Waals surface area contributed by atoms with Gasteiger partial charge >= 0.3 is 0 Å². The first-order valence-corrected chi connectivity index (χ1v) is 10.9. The highest BCUT2D eigenvalue weighted by Gasteiger charge is 2.53. The molecule has 152 valence electrons. The third-order valence-electron chi connectivity index (χ3n) is 4.43. The van der Waals surface area contributed by atoms with Gasteiger partial charge in [0.15, 0.2) is 4.75 Å². The number of benzene rings is 3. The SMILES string of the molecule is O=S(=O)(O)C(c1ccc(Cl)cc1)(c1cccc(Cl)c1O)c1c(Cl)ccc(Cl)c1O. The van der Waals surface area contributed by atoms with Gasteiger partial charge in [-0.05, 0) is 35.9 Å². The van der Waals surface area contributed by atoms with Crippen LogP contribution in [0, 0.1) is 0 Å². The Labute approximate surface area is 186 Å². The molecular formula is C19H12Cl4O5S. The molecule has 0 amide bonds. The summed E-state index contributed by atoms with van der Waals surface area (Å²) in [6, 6.07) is 11.9. The molecule has 5 nitrogen and oxygen atoms in total. The minimum Gasteiger partial charge on any atom is -0.506 e. The summed E-state index contributed by atoms with van der Waals surface area (Å²) in [6.07, 6.45) is 0. The topological polar surface area (TPSA) is 94.8 Å². The van der Waals surface area contributed by atoms with Gasteiger partial charge in [0.25, 0.3) is 10.1 Å². The predicted molar refractivity (Wildman–Crippen MR) is 114 cm³/mol. The van der Waals surface area contributed by atoms with E-state index in [2.05, 4.69) is 0 Å². The fraction of sp³-hybridized carbons (Fsp3) is 0.0526. The summed E-state index contributed by atoms with van der Waals surface area (Å²) in [5, 5.41) is 21.0. The maximum atomic E-state index is 13.0. The van der Waals surface area contributed by atoms with Gasteiger partial charge in [-0.2, -0.15) is 8.42 Å². The van der Waals surface area contributed by atoms with E-state index in [1.165, 1.54) is 54.6 Å². The number of phenolic OH excluding ortho intramolecular Hbond substituents is 2. The quantitative estimate of drug-likeness (QED) is 0.311. The summed E-state index contributed by atoms with van der Waals surface area (Å²) >= 11 is 24.2. The lowest BCUT2D eigenvalue weighted by molar-refractivity contribution is 0.428. The number of aromatic hydroxyl groups is 2. The lowest BCUT2D eigenvalue weighted by Gasteiger charge is -2.34. The fourth-order valence-electron chi connectivity index (χ4n) is 3.21. The summed E-state index contributed by atoms with van der Waals surface area (Å²) in [6.45, 7) is 0. The Kier molecular flexibility index (Phi) is 5.98. The van der Waals surface area contributed by atoms with E-state index >= 15 is 0 Å². The van der Waals surface area contributed by atoms with E-state index in [-0.39, 0.29) is 31.2 Å². The average Bonchev–Trinajstić information content (AvgIpc) is 2.65. The molecule has 0 aromatic heterocycles. The summed E-state index contributed by atoms with van der Waals surface area (Å²) in [5.74, 6) is -1.32. The molecule has 0 radical (unpaired) electrons. The van der Waals surface area contributed by atoms with Crippen LogP contribution in [-0.2, 0) is 14.9 Å². The van der Waals surface area contributed by atoms with E-state index in [0.717, 1.165) is 0 Å². The Bertz CT molecular complexity index is 1200. The molecule has 1 unspecified atom stereocenters. The molecule has 0 saturated carbocycles. The van der Waals surface area contributed by atoms with Crippen LogP contribution in [0.1, 0.15) is 16.7 Å². The van der Waals surface area contributed by atoms with Crippen molar-refractivity contribution in [1.82, 2.24) is 0 Å². The van der Waals surface area contributed by atoms with Crippen molar-refractivity contribution in [1.29, 1.82) is 0 Å². The van der Waals surface area contributed by atoms with E-state index in [9.17, 15) is 23.2 Å². The highest BCUT2D eigenvalue weighted by Crippen LogP contribution is 2.54. The van der Waals surface area contributed by atoms with Gasteiger partial charge in [-0.25, -0.2) is 0 Å². The van der Waals surface area contributed by atoms with E-state index in [1.54, 1.807) is 0 Å². The summed E-state index contributed by atoms with van der Waals surface area (Å²) in [5.41, 5.74) is -0.857. The zero-order valence-corrected chi connectivity index (χ0v) is 18.1. The molecule has 0 aliphatic rings. The van der Waals surface area contributed by atoms with Gasteiger partial charge in [-0.1, -0.05) is 70.7 Å². The molecule has 0 saturated heterocycles. The number of halogens is 4. The molecule has 0 bridgehead atoms. The van der Waals surface area contributed by atoms with Gasteiger partial charge in [-0.3, -0.25) is 4.55 Å². The second-order valence-corrected chi connectivity index (χ2v) is 9.27. The van der Waals surface area contributed by atoms with Gasteiger partial charge in [0.2, 0.25) is 0 Å². The Morgan fingerprint density at radius 1 is 0.724 bits per heavy atom. The smallest absolute Gasteiger partial charge is 0.283 e. The molecule has 0 spiro atoms. The van der Waals surface area contributed by atoms with Crippen molar-refractivity contribution in [2.45, 2.75) is 4.75 Å². The zero-order chi connectivity index (χ0) is 21.6. The van der Waals surface area contributed by atoms with Gasteiger partial charge in [0.05, 0.1) is 10.0 Å². The first-order valence-electron chi connectivity index (χ1n) is 7.90. The second kappa shape index (κ2) is 7.87. The molecular weight excluding hydrogens is 482 g/mol. The molecule has 3 aromatic rings. The predicted octanol–water partition coefficient (Wildman–Crippen LogP) is 5.89. The molecule has 10 heteroatoms. The van der Waals surface area contributed by atoms with Crippen LogP contribution >= 0.6 is 46.4 Å². The molecule has 0 aliphatic heterocycles. The summed E-state index contributed by atoms with van der Waals surface area (Å²) in [4.78, 5) is 0. The lowest BCUT2D eigenvalue weighted by atomic mass is 9.83. The van der Waals surface area contributed by atoms with Crippen molar-refractivity contribution in [3.8, 4) is 11.5 Å². The Balaban J connectivity index is 2.65. The largest absolute Gasteiger partial charge is 0.506 e. The van der Waals surface area contributed by atoms with Gasteiger partial charge in [-0.15, -0.1) is 0 Å². The first kappa shape index (κ1) is 22.0. The maximum Gasteiger partial charge on any atom is 0.283 e. The normalized spacial score (nSPS) is 13.8. The molecule has 0 aliphatic carbocycles. The summed E-state index contributed by atoms with van der Waals surface area (Å²) < 4.78 is 33.9. The van der Waals surface area contributed by atoms with E-state index < -0.39 is 31.9 Å². The average molecular weight is 494 g/mol. The number of para-hydroxylation sites is 1. The highest BCUT2D eigenvalue weighted by molar-refractivity contribution is 7.87. The van der Waals surface area contributed by atoms with E-state index in [0.29, 0.717) is 0 Å². The van der Waals surface area contributed by atoms with Gasteiger partial charge in [0.1, 0.15) is 11.5 Å². The first-order chi connectivity index (χ1) is 13.5. The number of rotatable bonds is 4. The number of phenols is 2. The highest BCUT2D eigenvalue weighted by atomic mass is 35.5. The van der Waals surface area contributed by atoms with Crippen molar-refractivity contribution < 1.29 is 23.2 Å². The molecule has 1 atom stereocenters. The van der Waals surface area contributed by atoms with E-state index in [1.807, 2.05) is 0 Å². The molecule has 3 aromatic carbocycles. The van der Waals surface area contributed by atoms with Crippen molar-refractivity contribution in [3.05, 3.63) is 91.4 Å². The molecule has 29 heavy (non-hydrogen) atoms. The molecule has 0 fully saturated rings. The van der Waals surface area contributed by atoms with Crippen LogP contribution in [0.25, 0.3) is 0 Å². The van der Waals surface area contributed by atoms with E-state index in [4.69, 9.17) is 46.4 Å². The minimum atomic E-state index is -5.16. The second-order valence-electron chi connectivity index (χ2n) is 6.05. The third-order valence-corrected chi connectivity index (χ3v) is 7.04. The standard InChI is InChI=1S/C19H12Cl4O5S/c20-11-6-4-10(5-7-11)19(29(26,27)28,12-2-1-3-14(22)17(12)24)16-13(21)8-9-15(23)18(16)25/h1-9,24-25H,(H,26,27,28). The Morgan fingerprint density at radius 2 is 1.28 bits per heavy atom. The van der Waals surface area contributed by atoms with Crippen LogP contribution in [0.4, 0.5) is 0 Å². The van der Waals surface area contributed by atoms with Gasteiger partial charge in [0, 0.05) is 21.2 Å². The van der Waals surface area contributed by atoms with Crippen LogP contribution in [0.2, 0.25) is 20.1 Å². The Morgan fingerprint density at radius 3 is 1.86 bits per heavy atom. The lowest BCUT2D eigenvalue weighted by Crippen LogP contribution is -2.38. The van der Waals surface area contributed by atoms with Crippen LogP contribution in [0.3, 0.4) is 0 Å². The third kappa shape index (κ3) is 3.54. The number of hydrogen-bond donors (Lipinski definition) is 3. The zero-order valence-electron chi connectivity index (χ0n) is 14.3. The van der Waals surface area contributed by atoms with Crippen molar-refractivity contribution in [2.75, 3.05) is 0 Å². The summed E-state index contributed by atoms with van der Waals surface area (Å²) in [7, 11) is -5.16. The Hall–Kier alpha value is -1.67. The molecule has 3 N–H and O–H groups in total. The van der Waals surface area contributed by atoms with Crippen LogP contribution in [0.5, 0.6) is 11.5 Å². The van der Waals surface area contributed by atoms with Crippen molar-refractivity contribution in [3.63, 3.8) is 0 Å². The van der Waals surface area contributed by atoms with Crippen LogP contribution < -0.4 is 0 Å². The van der Waals surface area contributed by atoms with Crippen molar-refractivity contribution in [2.24, 2.45) is 0 Å².